The standard InChI is InChI=1S/C25H31FN2O3/c1-30-23-13-18-11-12-28(16-19-9-5-6-10-21(19)26)22(20(18)14-24(23)31-2)15-27-25(29)17-7-3-4-8-17/h5-6,9-10,13-14,17,22H,3-4,7-8,11-12,15-16H2,1-2H3,(H,27,29)/p+1/t22-/m0/s1. The molecular weight excluding hydrogens is 395 g/mol. The van der Waals surface area contributed by atoms with Crippen LogP contribution in [-0.2, 0) is 17.8 Å². The number of carbonyl (C=O) groups is 1. The first-order valence-electron chi connectivity index (χ1n) is 11.2. The third-order valence-corrected chi connectivity index (χ3v) is 6.81. The first-order chi connectivity index (χ1) is 15.1. The van der Waals surface area contributed by atoms with Crippen molar-refractivity contribution in [1.82, 2.24) is 5.32 Å². The Labute approximate surface area is 183 Å². The van der Waals surface area contributed by atoms with E-state index in [0.717, 1.165) is 44.2 Å². The number of methoxy groups -OCH3 is 2. The summed E-state index contributed by atoms with van der Waals surface area (Å²) in [5, 5.41) is 3.21. The minimum atomic E-state index is -0.179. The molecule has 1 amide bonds. The van der Waals surface area contributed by atoms with E-state index in [-0.39, 0.29) is 23.7 Å². The lowest BCUT2D eigenvalue weighted by Gasteiger charge is -2.35. The van der Waals surface area contributed by atoms with Crippen molar-refractivity contribution in [3.8, 4) is 11.5 Å². The van der Waals surface area contributed by atoms with Gasteiger partial charge in [-0.3, -0.25) is 4.79 Å². The van der Waals surface area contributed by atoms with Gasteiger partial charge in [-0.05, 0) is 36.6 Å². The summed E-state index contributed by atoms with van der Waals surface area (Å²) in [6, 6.07) is 11.0. The van der Waals surface area contributed by atoms with Crippen LogP contribution in [0.4, 0.5) is 4.39 Å². The van der Waals surface area contributed by atoms with Crippen LogP contribution in [0, 0.1) is 11.7 Å². The summed E-state index contributed by atoms with van der Waals surface area (Å²) in [6.45, 7) is 1.97. The van der Waals surface area contributed by atoms with Crippen LogP contribution in [0.3, 0.4) is 0 Å². The molecule has 0 bridgehead atoms. The van der Waals surface area contributed by atoms with Gasteiger partial charge in [0, 0.05) is 23.5 Å². The van der Waals surface area contributed by atoms with Gasteiger partial charge in [0.2, 0.25) is 5.91 Å². The molecule has 0 radical (unpaired) electrons. The SMILES string of the molecule is COc1cc2c(cc1OC)[C@H](CNC(=O)C1CCCC1)[NH+](Cc1ccccc1F)CC2. The monoisotopic (exact) mass is 427 g/mol. The van der Waals surface area contributed by atoms with Gasteiger partial charge in [-0.15, -0.1) is 0 Å². The summed E-state index contributed by atoms with van der Waals surface area (Å²) >= 11 is 0. The van der Waals surface area contributed by atoms with Crippen molar-refractivity contribution in [3.05, 3.63) is 58.9 Å². The largest absolute Gasteiger partial charge is 0.493 e. The number of carbonyl (C=O) groups excluding carboxylic acids is 1. The molecule has 2 atom stereocenters. The highest BCUT2D eigenvalue weighted by molar-refractivity contribution is 5.78. The molecule has 166 valence electrons. The fraction of sp³-hybridized carbons (Fsp3) is 0.480. The summed E-state index contributed by atoms with van der Waals surface area (Å²) in [5.41, 5.74) is 3.05. The van der Waals surface area contributed by atoms with Gasteiger partial charge in [-0.2, -0.15) is 0 Å². The lowest BCUT2D eigenvalue weighted by atomic mass is 9.91. The van der Waals surface area contributed by atoms with E-state index in [0.29, 0.717) is 30.2 Å². The van der Waals surface area contributed by atoms with Crippen LogP contribution in [0.5, 0.6) is 11.5 Å². The van der Waals surface area contributed by atoms with Crippen molar-refractivity contribution in [2.24, 2.45) is 5.92 Å². The minimum Gasteiger partial charge on any atom is -0.493 e. The Balaban J connectivity index is 1.61. The predicted octanol–water partition coefficient (Wildman–Crippen LogP) is 2.83. The molecule has 6 heteroatoms. The van der Waals surface area contributed by atoms with E-state index in [2.05, 4.69) is 5.32 Å². The van der Waals surface area contributed by atoms with Gasteiger partial charge in [-0.25, -0.2) is 4.39 Å². The number of ether oxygens (including phenoxy) is 2. The van der Waals surface area contributed by atoms with Crippen LogP contribution in [0.1, 0.15) is 48.4 Å². The van der Waals surface area contributed by atoms with Gasteiger partial charge in [0.15, 0.2) is 11.5 Å². The molecule has 2 N–H and O–H groups in total. The average molecular weight is 428 g/mol. The van der Waals surface area contributed by atoms with E-state index in [1.807, 2.05) is 24.3 Å². The van der Waals surface area contributed by atoms with Crippen molar-refractivity contribution < 1.29 is 23.6 Å². The fourth-order valence-electron chi connectivity index (χ4n) is 5.05. The second kappa shape index (κ2) is 9.69. The number of nitrogens with one attached hydrogen (secondary N) is 2. The number of benzene rings is 2. The zero-order valence-corrected chi connectivity index (χ0v) is 18.4. The van der Waals surface area contributed by atoms with Crippen molar-refractivity contribution in [1.29, 1.82) is 0 Å². The van der Waals surface area contributed by atoms with Crippen molar-refractivity contribution in [2.75, 3.05) is 27.3 Å². The Morgan fingerprint density at radius 3 is 2.55 bits per heavy atom. The lowest BCUT2D eigenvalue weighted by Crippen LogP contribution is -3.12. The van der Waals surface area contributed by atoms with Gasteiger partial charge >= 0.3 is 0 Å². The molecule has 0 aromatic heterocycles. The zero-order chi connectivity index (χ0) is 21.8. The molecule has 1 aliphatic carbocycles. The van der Waals surface area contributed by atoms with E-state index < -0.39 is 0 Å². The minimum absolute atomic E-state index is 0.0218. The molecule has 2 aromatic rings. The van der Waals surface area contributed by atoms with E-state index in [1.165, 1.54) is 16.5 Å². The number of fused-ring (bicyclic) bond motifs is 1. The maximum atomic E-state index is 14.4. The number of amides is 1. The Morgan fingerprint density at radius 2 is 1.84 bits per heavy atom. The van der Waals surface area contributed by atoms with Gasteiger partial charge in [0.1, 0.15) is 18.4 Å². The molecule has 1 unspecified atom stereocenters. The second-order valence-corrected chi connectivity index (χ2v) is 8.61. The Bertz CT molecular complexity index is 927. The zero-order valence-electron chi connectivity index (χ0n) is 18.4. The topological polar surface area (TPSA) is 52.0 Å². The number of hydrogen-bond donors (Lipinski definition) is 2. The smallest absolute Gasteiger partial charge is 0.223 e. The molecule has 1 fully saturated rings. The highest BCUT2D eigenvalue weighted by Crippen LogP contribution is 2.34. The highest BCUT2D eigenvalue weighted by Gasteiger charge is 2.34. The normalized spacial score (nSPS) is 20.9. The van der Waals surface area contributed by atoms with Crippen LogP contribution in [-0.4, -0.2) is 33.2 Å². The molecule has 31 heavy (non-hydrogen) atoms. The average Bonchev–Trinajstić information content (AvgIpc) is 3.33. The summed E-state index contributed by atoms with van der Waals surface area (Å²) in [6.07, 6.45) is 5.08. The number of hydrogen-bond acceptors (Lipinski definition) is 3. The Hall–Kier alpha value is -2.60. The van der Waals surface area contributed by atoms with Gasteiger partial charge in [-0.1, -0.05) is 31.0 Å². The first kappa shape index (κ1) is 21.6. The molecule has 1 aliphatic heterocycles. The molecule has 4 rings (SSSR count). The molecule has 0 spiro atoms. The van der Waals surface area contributed by atoms with Crippen molar-refractivity contribution in [2.45, 2.75) is 44.7 Å². The summed E-state index contributed by atoms with van der Waals surface area (Å²) in [4.78, 5) is 14.0. The summed E-state index contributed by atoms with van der Waals surface area (Å²) in [5.74, 6) is 1.49. The van der Waals surface area contributed by atoms with Crippen LogP contribution < -0.4 is 19.7 Å². The van der Waals surface area contributed by atoms with Gasteiger partial charge in [0.05, 0.1) is 27.3 Å². The Morgan fingerprint density at radius 1 is 1.13 bits per heavy atom. The maximum absolute atomic E-state index is 14.4. The van der Waals surface area contributed by atoms with E-state index >= 15 is 0 Å². The third-order valence-electron chi connectivity index (χ3n) is 6.81. The summed E-state index contributed by atoms with van der Waals surface area (Å²) in [7, 11) is 3.27. The number of halogens is 1. The van der Waals surface area contributed by atoms with E-state index in [1.54, 1.807) is 20.3 Å². The third kappa shape index (κ3) is 4.69. The summed E-state index contributed by atoms with van der Waals surface area (Å²) < 4.78 is 25.4. The molecule has 1 saturated carbocycles. The molecular formula is C25H32FN2O3+. The fourth-order valence-corrected chi connectivity index (χ4v) is 5.05. The van der Waals surface area contributed by atoms with E-state index in [4.69, 9.17) is 9.47 Å². The van der Waals surface area contributed by atoms with Crippen molar-refractivity contribution >= 4 is 5.91 Å². The molecule has 5 nitrogen and oxygen atoms in total. The molecule has 2 aromatic carbocycles. The van der Waals surface area contributed by atoms with E-state index in [9.17, 15) is 9.18 Å². The molecule has 1 heterocycles. The number of quaternary nitrogens is 1. The lowest BCUT2D eigenvalue weighted by molar-refractivity contribution is -0.946. The quantitative estimate of drug-likeness (QED) is 0.715. The van der Waals surface area contributed by atoms with Gasteiger partial charge in [0.25, 0.3) is 0 Å². The second-order valence-electron chi connectivity index (χ2n) is 8.61. The number of rotatable bonds is 7. The maximum Gasteiger partial charge on any atom is 0.223 e. The van der Waals surface area contributed by atoms with Crippen LogP contribution in [0.25, 0.3) is 0 Å². The molecule has 0 saturated heterocycles. The predicted molar refractivity (Wildman–Crippen MR) is 117 cm³/mol. The van der Waals surface area contributed by atoms with Gasteiger partial charge < -0.3 is 19.7 Å². The van der Waals surface area contributed by atoms with Crippen LogP contribution >= 0.6 is 0 Å². The Kier molecular flexibility index (Phi) is 6.76. The first-order valence-corrected chi connectivity index (χ1v) is 11.2. The van der Waals surface area contributed by atoms with Crippen molar-refractivity contribution in [3.63, 3.8) is 0 Å². The van der Waals surface area contributed by atoms with Crippen LogP contribution in [0.15, 0.2) is 36.4 Å². The highest BCUT2D eigenvalue weighted by atomic mass is 19.1. The van der Waals surface area contributed by atoms with Crippen LogP contribution in [0.2, 0.25) is 0 Å². The molecule has 2 aliphatic rings.